The van der Waals surface area contributed by atoms with E-state index in [-0.39, 0.29) is 12.0 Å². The Kier molecular flexibility index (Phi) is 2.93. The van der Waals surface area contributed by atoms with Crippen LogP contribution in [0.3, 0.4) is 0 Å². The van der Waals surface area contributed by atoms with Crippen LogP contribution in [-0.2, 0) is 4.74 Å². The van der Waals surface area contributed by atoms with E-state index in [1.165, 1.54) is 0 Å². The van der Waals surface area contributed by atoms with E-state index in [0.29, 0.717) is 12.0 Å². The highest BCUT2D eigenvalue weighted by Crippen LogP contribution is 2.33. The molecule has 3 heterocycles. The molecule has 0 spiro atoms. The van der Waals surface area contributed by atoms with Gasteiger partial charge in [0.15, 0.2) is 0 Å². The maximum Gasteiger partial charge on any atom is 0.253 e. The van der Waals surface area contributed by atoms with Crippen molar-refractivity contribution in [3.63, 3.8) is 0 Å². The summed E-state index contributed by atoms with van der Waals surface area (Å²) in [5, 5.41) is 1.01. The minimum Gasteiger partial charge on any atom is -0.373 e. The molecule has 3 atom stereocenters. The minimum absolute atomic E-state index is 0.103. The molecule has 108 valence electrons. The maximum absolute atomic E-state index is 12.7. The average Bonchev–Trinajstić information content (AvgIpc) is 3.03. The zero-order chi connectivity index (χ0) is 14.4. The van der Waals surface area contributed by atoms with E-state index in [1.54, 1.807) is 6.20 Å². The fourth-order valence-electron chi connectivity index (χ4n) is 3.56. The molecular weight excluding hydrogens is 264 g/mol. The summed E-state index contributed by atoms with van der Waals surface area (Å²) >= 11 is 0. The smallest absolute Gasteiger partial charge is 0.253 e. The molecule has 1 amide bonds. The zero-order valence-electron chi connectivity index (χ0n) is 12.0. The molecule has 4 heteroatoms. The van der Waals surface area contributed by atoms with E-state index in [0.717, 1.165) is 36.0 Å². The van der Waals surface area contributed by atoms with Crippen molar-refractivity contribution in [2.24, 2.45) is 5.92 Å². The van der Waals surface area contributed by atoms with Gasteiger partial charge in [-0.2, -0.15) is 0 Å². The van der Waals surface area contributed by atoms with Crippen LogP contribution in [0.5, 0.6) is 0 Å². The van der Waals surface area contributed by atoms with Gasteiger partial charge in [-0.3, -0.25) is 9.78 Å². The van der Waals surface area contributed by atoms with Crippen LogP contribution < -0.4 is 0 Å². The monoisotopic (exact) mass is 282 g/mol. The number of aromatic nitrogens is 1. The summed E-state index contributed by atoms with van der Waals surface area (Å²) in [6.07, 6.45) is 3.40. The molecule has 1 aromatic carbocycles. The Hall–Kier alpha value is -1.94. The molecule has 2 fully saturated rings. The topological polar surface area (TPSA) is 42.4 Å². The SMILES string of the molecule is C[C@@H]1C[C@H]2CN(C(=O)c3ccc4ncccc4c3)C[C@H]2O1. The van der Waals surface area contributed by atoms with Crippen LogP contribution in [0.4, 0.5) is 0 Å². The Balaban J connectivity index is 1.57. The Bertz CT molecular complexity index is 686. The Morgan fingerprint density at radius 3 is 3.10 bits per heavy atom. The Morgan fingerprint density at radius 2 is 2.24 bits per heavy atom. The quantitative estimate of drug-likeness (QED) is 0.807. The van der Waals surface area contributed by atoms with Gasteiger partial charge >= 0.3 is 0 Å². The molecule has 0 N–H and O–H groups in total. The molecule has 0 unspecified atom stereocenters. The van der Waals surface area contributed by atoms with Gasteiger partial charge in [0.05, 0.1) is 17.7 Å². The number of pyridine rings is 1. The van der Waals surface area contributed by atoms with Gasteiger partial charge in [0.25, 0.3) is 5.91 Å². The molecule has 4 rings (SSSR count). The normalized spacial score (nSPS) is 28.0. The molecule has 0 bridgehead atoms. The average molecular weight is 282 g/mol. The molecule has 2 saturated heterocycles. The molecule has 0 aliphatic carbocycles. The van der Waals surface area contributed by atoms with Gasteiger partial charge < -0.3 is 9.64 Å². The predicted molar refractivity (Wildman–Crippen MR) is 80.1 cm³/mol. The molecule has 0 radical (unpaired) electrons. The number of carbonyl (C=O) groups is 1. The summed E-state index contributed by atoms with van der Waals surface area (Å²) < 4.78 is 5.87. The van der Waals surface area contributed by atoms with E-state index in [2.05, 4.69) is 11.9 Å². The number of ether oxygens (including phenoxy) is 1. The molecule has 0 saturated carbocycles. The molecule has 2 aliphatic heterocycles. The first-order chi connectivity index (χ1) is 10.2. The number of fused-ring (bicyclic) bond motifs is 2. The summed E-state index contributed by atoms with van der Waals surface area (Å²) in [4.78, 5) is 18.9. The van der Waals surface area contributed by atoms with Crippen molar-refractivity contribution in [3.05, 3.63) is 42.1 Å². The van der Waals surface area contributed by atoms with Gasteiger partial charge in [0.2, 0.25) is 0 Å². The van der Waals surface area contributed by atoms with E-state index in [1.807, 2.05) is 35.2 Å². The highest BCUT2D eigenvalue weighted by molar-refractivity contribution is 5.98. The van der Waals surface area contributed by atoms with Crippen molar-refractivity contribution in [1.82, 2.24) is 9.88 Å². The van der Waals surface area contributed by atoms with Crippen LogP contribution in [0.25, 0.3) is 10.9 Å². The van der Waals surface area contributed by atoms with Crippen molar-refractivity contribution in [1.29, 1.82) is 0 Å². The summed E-state index contributed by atoms with van der Waals surface area (Å²) in [5.74, 6) is 0.609. The number of rotatable bonds is 1. The first kappa shape index (κ1) is 12.8. The van der Waals surface area contributed by atoms with E-state index >= 15 is 0 Å². The second-order valence-electron chi connectivity index (χ2n) is 6.10. The lowest BCUT2D eigenvalue weighted by atomic mass is 10.0. The van der Waals surface area contributed by atoms with Gasteiger partial charge in [-0.25, -0.2) is 0 Å². The number of benzene rings is 1. The number of likely N-dealkylation sites (tertiary alicyclic amines) is 1. The van der Waals surface area contributed by atoms with Crippen LogP contribution >= 0.6 is 0 Å². The molecule has 1 aromatic heterocycles. The lowest BCUT2D eigenvalue weighted by Gasteiger charge is -2.18. The van der Waals surface area contributed by atoms with Crippen molar-refractivity contribution in [3.8, 4) is 0 Å². The lowest BCUT2D eigenvalue weighted by molar-refractivity contribution is 0.0443. The molecule has 21 heavy (non-hydrogen) atoms. The maximum atomic E-state index is 12.7. The van der Waals surface area contributed by atoms with Gasteiger partial charge in [-0.1, -0.05) is 6.07 Å². The minimum atomic E-state index is 0.103. The first-order valence-corrected chi connectivity index (χ1v) is 7.50. The van der Waals surface area contributed by atoms with Crippen LogP contribution in [-0.4, -0.2) is 41.1 Å². The highest BCUT2D eigenvalue weighted by Gasteiger charge is 2.42. The predicted octanol–water partition coefficient (Wildman–Crippen LogP) is 2.48. The Labute approximate surface area is 123 Å². The summed E-state index contributed by atoms with van der Waals surface area (Å²) in [6.45, 7) is 3.65. The molecular formula is C17H18N2O2. The second kappa shape index (κ2) is 4.81. The van der Waals surface area contributed by atoms with Crippen molar-refractivity contribution in [2.75, 3.05) is 13.1 Å². The molecule has 2 aromatic rings. The third-order valence-electron chi connectivity index (χ3n) is 4.56. The van der Waals surface area contributed by atoms with Crippen molar-refractivity contribution < 1.29 is 9.53 Å². The van der Waals surface area contributed by atoms with E-state index in [9.17, 15) is 4.79 Å². The number of carbonyl (C=O) groups excluding carboxylic acids is 1. The standard InChI is InChI=1S/C17H18N2O2/c1-11-7-14-9-19(10-16(14)21-11)17(20)13-4-5-15-12(8-13)3-2-6-18-15/h2-6,8,11,14,16H,7,9-10H2,1H3/t11-,14+,16-/m1/s1. The molecule has 4 nitrogen and oxygen atoms in total. The van der Waals surface area contributed by atoms with Crippen LogP contribution in [0.2, 0.25) is 0 Å². The molecule has 2 aliphatic rings. The van der Waals surface area contributed by atoms with Crippen LogP contribution in [0.15, 0.2) is 36.5 Å². The fourth-order valence-corrected chi connectivity index (χ4v) is 3.56. The third kappa shape index (κ3) is 2.20. The fraction of sp³-hybridized carbons (Fsp3) is 0.412. The number of nitrogens with zero attached hydrogens (tertiary/aromatic N) is 2. The van der Waals surface area contributed by atoms with E-state index in [4.69, 9.17) is 4.74 Å². The highest BCUT2D eigenvalue weighted by atomic mass is 16.5. The zero-order valence-corrected chi connectivity index (χ0v) is 12.0. The van der Waals surface area contributed by atoms with Crippen LogP contribution in [0.1, 0.15) is 23.7 Å². The Morgan fingerprint density at radius 1 is 1.33 bits per heavy atom. The van der Waals surface area contributed by atoms with Gasteiger partial charge in [-0.15, -0.1) is 0 Å². The second-order valence-corrected chi connectivity index (χ2v) is 6.10. The van der Waals surface area contributed by atoms with Crippen molar-refractivity contribution in [2.45, 2.75) is 25.6 Å². The summed E-state index contributed by atoms with van der Waals surface area (Å²) in [7, 11) is 0. The summed E-state index contributed by atoms with van der Waals surface area (Å²) in [5.41, 5.74) is 1.66. The summed E-state index contributed by atoms with van der Waals surface area (Å²) in [6, 6.07) is 9.60. The van der Waals surface area contributed by atoms with Gasteiger partial charge in [-0.05, 0) is 37.6 Å². The lowest BCUT2D eigenvalue weighted by Crippen LogP contribution is -2.31. The largest absolute Gasteiger partial charge is 0.373 e. The van der Waals surface area contributed by atoms with Gasteiger partial charge in [0, 0.05) is 36.2 Å². The van der Waals surface area contributed by atoms with Crippen LogP contribution in [0, 0.1) is 5.92 Å². The number of amides is 1. The third-order valence-corrected chi connectivity index (χ3v) is 4.56. The first-order valence-electron chi connectivity index (χ1n) is 7.50. The van der Waals surface area contributed by atoms with Gasteiger partial charge in [0.1, 0.15) is 0 Å². The number of hydrogen-bond acceptors (Lipinski definition) is 3. The number of hydrogen-bond donors (Lipinski definition) is 0. The van der Waals surface area contributed by atoms with E-state index < -0.39 is 0 Å². The van der Waals surface area contributed by atoms with Crippen molar-refractivity contribution >= 4 is 16.8 Å².